The summed E-state index contributed by atoms with van der Waals surface area (Å²) in [6, 6.07) is 11.8. The summed E-state index contributed by atoms with van der Waals surface area (Å²) < 4.78 is 0. The maximum Gasteiger partial charge on any atom is 0.0655 e. The lowest BCUT2D eigenvalue weighted by Gasteiger charge is -2.22. The van der Waals surface area contributed by atoms with Gasteiger partial charge < -0.3 is 5.32 Å². The Labute approximate surface area is 109 Å². The minimum absolute atomic E-state index is 0.313. The summed E-state index contributed by atoms with van der Waals surface area (Å²) in [5.41, 5.74) is 10.9. The van der Waals surface area contributed by atoms with Crippen LogP contribution in [0.15, 0.2) is 30.3 Å². The third-order valence-corrected chi connectivity index (χ3v) is 3.66. The van der Waals surface area contributed by atoms with E-state index in [2.05, 4.69) is 65.9 Å². The average Bonchev–Trinajstić information content (AvgIpc) is 2.89. The second-order valence-electron chi connectivity index (χ2n) is 4.83. The molecular formula is C14H24N4. The highest BCUT2D eigenvalue weighted by atomic mass is 15.7. The summed E-state index contributed by atoms with van der Waals surface area (Å²) in [6.45, 7) is 5.43. The van der Waals surface area contributed by atoms with E-state index in [1.807, 2.05) is 0 Å². The van der Waals surface area contributed by atoms with Crippen molar-refractivity contribution in [1.82, 2.24) is 21.7 Å². The quantitative estimate of drug-likeness (QED) is 0.616. The summed E-state index contributed by atoms with van der Waals surface area (Å²) in [5.74, 6) is 0. The van der Waals surface area contributed by atoms with Gasteiger partial charge in [0.25, 0.3) is 0 Å². The van der Waals surface area contributed by atoms with Crippen molar-refractivity contribution in [2.45, 2.75) is 44.8 Å². The van der Waals surface area contributed by atoms with Crippen LogP contribution >= 0.6 is 0 Å². The smallest absolute Gasteiger partial charge is 0.0655 e. The molecule has 0 amide bonds. The molecule has 18 heavy (non-hydrogen) atoms. The van der Waals surface area contributed by atoms with Crippen molar-refractivity contribution >= 4 is 0 Å². The summed E-state index contributed by atoms with van der Waals surface area (Å²) in [6.07, 6.45) is 2.36. The minimum Gasteiger partial charge on any atom is -0.312 e. The zero-order chi connectivity index (χ0) is 12.8. The molecule has 1 heterocycles. The molecule has 4 N–H and O–H groups in total. The van der Waals surface area contributed by atoms with Crippen LogP contribution < -0.4 is 21.7 Å². The Morgan fingerprint density at radius 2 is 1.83 bits per heavy atom. The molecule has 0 aromatic heterocycles. The minimum atomic E-state index is 0.313. The lowest BCUT2D eigenvalue weighted by Crippen LogP contribution is -2.43. The molecule has 4 heteroatoms. The van der Waals surface area contributed by atoms with E-state index in [0.717, 1.165) is 6.54 Å². The molecule has 2 atom stereocenters. The topological polar surface area (TPSA) is 48.1 Å². The van der Waals surface area contributed by atoms with Gasteiger partial charge in [0, 0.05) is 12.6 Å². The first kappa shape index (κ1) is 13.5. The fourth-order valence-electron chi connectivity index (χ4n) is 2.41. The van der Waals surface area contributed by atoms with Crippen molar-refractivity contribution in [3.63, 3.8) is 0 Å². The molecule has 1 saturated heterocycles. The number of hydrogen-bond acceptors (Lipinski definition) is 4. The normalized spacial score (nSPS) is 23.7. The van der Waals surface area contributed by atoms with E-state index < -0.39 is 0 Å². The maximum absolute atomic E-state index is 3.62. The molecule has 1 aromatic rings. The van der Waals surface area contributed by atoms with Crippen LogP contribution in [-0.2, 0) is 0 Å². The van der Waals surface area contributed by atoms with E-state index in [9.17, 15) is 0 Å². The molecule has 4 nitrogen and oxygen atoms in total. The molecule has 0 radical (unpaired) electrons. The highest BCUT2D eigenvalue weighted by Crippen LogP contribution is 2.18. The van der Waals surface area contributed by atoms with Crippen molar-refractivity contribution in [3.8, 4) is 0 Å². The van der Waals surface area contributed by atoms with Gasteiger partial charge in [0.2, 0.25) is 0 Å². The van der Waals surface area contributed by atoms with Crippen molar-refractivity contribution in [1.29, 1.82) is 0 Å². The van der Waals surface area contributed by atoms with Crippen molar-refractivity contribution in [2.75, 3.05) is 6.54 Å². The third kappa shape index (κ3) is 3.29. The number of nitrogens with one attached hydrogen (secondary N) is 4. The molecule has 0 spiro atoms. The predicted octanol–water partition coefficient (Wildman–Crippen LogP) is 1.49. The monoisotopic (exact) mass is 248 g/mol. The average molecular weight is 248 g/mol. The van der Waals surface area contributed by atoms with Gasteiger partial charge >= 0.3 is 0 Å². The van der Waals surface area contributed by atoms with E-state index >= 15 is 0 Å². The first-order valence-corrected chi connectivity index (χ1v) is 6.89. The zero-order valence-corrected chi connectivity index (χ0v) is 11.2. The second kappa shape index (κ2) is 6.85. The van der Waals surface area contributed by atoms with Gasteiger partial charge in [0.15, 0.2) is 0 Å². The van der Waals surface area contributed by atoms with Crippen LogP contribution in [0.25, 0.3) is 0 Å². The van der Waals surface area contributed by atoms with Gasteiger partial charge in [-0.2, -0.15) is 5.53 Å². The standard InChI is InChI=1S/C14H24N4/c1-3-12(4-2)15-10-13-14(17-18-16-13)11-8-6-5-7-9-11/h5-9,12-18H,3-4,10H2,1-2H3. The first-order valence-electron chi connectivity index (χ1n) is 6.89. The van der Waals surface area contributed by atoms with Gasteiger partial charge in [-0.25, -0.2) is 10.9 Å². The fraction of sp³-hybridized carbons (Fsp3) is 0.571. The first-order chi connectivity index (χ1) is 8.85. The molecular weight excluding hydrogens is 224 g/mol. The van der Waals surface area contributed by atoms with Gasteiger partial charge in [0.05, 0.1) is 12.1 Å². The molecule has 1 fully saturated rings. The van der Waals surface area contributed by atoms with E-state index in [1.165, 1.54) is 18.4 Å². The number of hydrogen-bond donors (Lipinski definition) is 4. The maximum atomic E-state index is 3.62. The molecule has 1 aliphatic rings. The van der Waals surface area contributed by atoms with E-state index in [1.54, 1.807) is 0 Å². The Balaban J connectivity index is 1.92. The highest BCUT2D eigenvalue weighted by Gasteiger charge is 2.27. The molecule has 2 unspecified atom stereocenters. The summed E-state index contributed by atoms with van der Waals surface area (Å²) in [7, 11) is 0. The Hall–Kier alpha value is -0.940. The van der Waals surface area contributed by atoms with E-state index in [-0.39, 0.29) is 0 Å². The molecule has 1 aliphatic heterocycles. The molecule has 0 bridgehead atoms. The second-order valence-corrected chi connectivity index (χ2v) is 4.83. The van der Waals surface area contributed by atoms with Crippen molar-refractivity contribution in [3.05, 3.63) is 35.9 Å². The van der Waals surface area contributed by atoms with Gasteiger partial charge in [0.1, 0.15) is 0 Å². The van der Waals surface area contributed by atoms with Gasteiger partial charge in [-0.1, -0.05) is 44.2 Å². The third-order valence-electron chi connectivity index (χ3n) is 3.66. The highest BCUT2D eigenvalue weighted by molar-refractivity contribution is 5.21. The summed E-state index contributed by atoms with van der Waals surface area (Å²) in [5, 5.41) is 3.62. The Morgan fingerprint density at radius 1 is 1.11 bits per heavy atom. The van der Waals surface area contributed by atoms with Crippen LogP contribution in [0.5, 0.6) is 0 Å². The number of benzene rings is 1. The molecule has 0 aliphatic carbocycles. The van der Waals surface area contributed by atoms with Crippen molar-refractivity contribution < 1.29 is 0 Å². The number of hydrazine groups is 2. The van der Waals surface area contributed by atoms with Crippen LogP contribution in [0, 0.1) is 0 Å². The fourth-order valence-corrected chi connectivity index (χ4v) is 2.41. The Morgan fingerprint density at radius 3 is 2.50 bits per heavy atom. The lowest BCUT2D eigenvalue weighted by molar-refractivity contribution is 0.417. The SMILES string of the molecule is CCC(CC)NCC1NNNC1c1ccccc1. The van der Waals surface area contributed by atoms with Crippen LogP contribution in [0.1, 0.15) is 38.3 Å². The Kier molecular flexibility index (Phi) is 5.13. The number of rotatable bonds is 6. The molecule has 1 aromatic carbocycles. The van der Waals surface area contributed by atoms with Crippen molar-refractivity contribution in [2.24, 2.45) is 0 Å². The molecule has 2 rings (SSSR count). The van der Waals surface area contributed by atoms with Crippen LogP contribution in [-0.4, -0.2) is 18.6 Å². The summed E-state index contributed by atoms with van der Waals surface area (Å²) in [4.78, 5) is 0. The Bertz CT molecular complexity index is 337. The van der Waals surface area contributed by atoms with Gasteiger partial charge in [-0.3, -0.25) is 0 Å². The molecule has 100 valence electrons. The molecule has 0 saturated carbocycles. The summed E-state index contributed by atoms with van der Waals surface area (Å²) >= 11 is 0. The predicted molar refractivity (Wildman–Crippen MR) is 74.8 cm³/mol. The zero-order valence-electron chi connectivity index (χ0n) is 11.2. The largest absolute Gasteiger partial charge is 0.312 e. The van der Waals surface area contributed by atoms with Crippen LogP contribution in [0.3, 0.4) is 0 Å². The van der Waals surface area contributed by atoms with Gasteiger partial charge in [-0.15, -0.1) is 0 Å². The van der Waals surface area contributed by atoms with E-state index in [4.69, 9.17) is 0 Å². The van der Waals surface area contributed by atoms with Crippen LogP contribution in [0.2, 0.25) is 0 Å². The van der Waals surface area contributed by atoms with Crippen LogP contribution in [0.4, 0.5) is 0 Å². The van der Waals surface area contributed by atoms with E-state index in [0.29, 0.717) is 18.1 Å². The lowest BCUT2D eigenvalue weighted by atomic mass is 10.0. The van der Waals surface area contributed by atoms with Gasteiger partial charge in [-0.05, 0) is 18.4 Å².